The monoisotopic (exact) mass is 277 g/mol. The number of ether oxygens (including phenoxy) is 2. The van der Waals surface area contributed by atoms with Crippen molar-refractivity contribution in [2.45, 2.75) is 32.7 Å². The molecule has 2 rings (SSSR count). The quantitative estimate of drug-likeness (QED) is 0.811. The van der Waals surface area contributed by atoms with Crippen LogP contribution in [0.5, 0.6) is 5.75 Å². The van der Waals surface area contributed by atoms with Crippen LogP contribution in [-0.4, -0.2) is 31.8 Å². The summed E-state index contributed by atoms with van der Waals surface area (Å²) < 4.78 is 11.1. The third-order valence-corrected chi connectivity index (χ3v) is 3.17. The van der Waals surface area contributed by atoms with Crippen molar-refractivity contribution in [3.63, 3.8) is 0 Å². The lowest BCUT2D eigenvalue weighted by Gasteiger charge is -2.26. The number of amides is 1. The third kappa shape index (κ3) is 4.53. The fraction of sp³-hybridized carbons (Fsp3) is 0.562. The maximum Gasteiger partial charge on any atom is 0.222 e. The van der Waals surface area contributed by atoms with E-state index in [1.54, 1.807) is 0 Å². The van der Waals surface area contributed by atoms with Crippen LogP contribution in [0.4, 0.5) is 0 Å². The number of benzene rings is 1. The number of fused-ring (bicyclic) bond motifs is 1. The van der Waals surface area contributed by atoms with Crippen LogP contribution in [-0.2, 0) is 16.0 Å². The summed E-state index contributed by atoms with van der Waals surface area (Å²) in [5, 5.41) is 3.00. The molecule has 1 aliphatic rings. The number of carbonyl (C=O) groups excluding carboxylic acids is 1. The van der Waals surface area contributed by atoms with Gasteiger partial charge in [0, 0.05) is 13.0 Å². The Kier molecular flexibility index (Phi) is 5.41. The molecule has 1 aliphatic heterocycles. The highest BCUT2D eigenvalue weighted by Gasteiger charge is 2.20. The molecule has 0 aromatic heterocycles. The molecule has 4 nitrogen and oxygen atoms in total. The minimum atomic E-state index is 0.0294. The first-order valence-corrected chi connectivity index (χ1v) is 7.23. The number of hydrogen-bond donors (Lipinski definition) is 1. The Morgan fingerprint density at radius 3 is 3.05 bits per heavy atom. The zero-order valence-electron chi connectivity index (χ0n) is 12.2. The second kappa shape index (κ2) is 7.29. The molecule has 0 aliphatic carbocycles. The fourth-order valence-corrected chi connectivity index (χ4v) is 2.20. The summed E-state index contributed by atoms with van der Waals surface area (Å²) >= 11 is 0. The minimum Gasteiger partial charge on any atom is -0.491 e. The van der Waals surface area contributed by atoms with Crippen molar-refractivity contribution < 1.29 is 14.3 Å². The highest BCUT2D eigenvalue weighted by atomic mass is 16.5. The van der Waals surface area contributed by atoms with Gasteiger partial charge in [-0.1, -0.05) is 32.0 Å². The van der Waals surface area contributed by atoms with Gasteiger partial charge >= 0.3 is 0 Å². The van der Waals surface area contributed by atoms with Gasteiger partial charge in [0.25, 0.3) is 0 Å². The van der Waals surface area contributed by atoms with Gasteiger partial charge in [-0.3, -0.25) is 4.79 Å². The van der Waals surface area contributed by atoms with Gasteiger partial charge in [0.1, 0.15) is 12.4 Å². The Bertz CT molecular complexity index is 445. The summed E-state index contributed by atoms with van der Waals surface area (Å²) in [5.41, 5.74) is 1.15. The average Bonchev–Trinajstić information content (AvgIpc) is 2.43. The van der Waals surface area contributed by atoms with E-state index in [4.69, 9.17) is 9.47 Å². The Hall–Kier alpha value is -1.55. The molecule has 1 atom stereocenters. The van der Waals surface area contributed by atoms with Crippen molar-refractivity contribution >= 4 is 5.91 Å². The second-order valence-corrected chi connectivity index (χ2v) is 5.61. The maximum absolute atomic E-state index is 11.8. The van der Waals surface area contributed by atoms with Gasteiger partial charge in [0.05, 0.1) is 12.6 Å². The minimum absolute atomic E-state index is 0.0294. The van der Waals surface area contributed by atoms with Crippen LogP contribution in [0.25, 0.3) is 0 Å². The molecule has 20 heavy (non-hydrogen) atoms. The molecule has 0 radical (unpaired) electrons. The van der Waals surface area contributed by atoms with Crippen LogP contribution in [0, 0.1) is 5.92 Å². The number of hydrogen-bond acceptors (Lipinski definition) is 3. The van der Waals surface area contributed by atoms with Crippen LogP contribution in [0.2, 0.25) is 0 Å². The predicted octanol–water partition coefficient (Wildman–Crippen LogP) is 2.17. The summed E-state index contributed by atoms with van der Waals surface area (Å²) in [6.07, 6.45) is 1.24. The summed E-state index contributed by atoms with van der Waals surface area (Å²) in [4.78, 5) is 11.8. The highest BCUT2D eigenvalue weighted by molar-refractivity contribution is 5.76. The van der Waals surface area contributed by atoms with Crippen molar-refractivity contribution in [1.82, 2.24) is 5.32 Å². The van der Waals surface area contributed by atoms with Crippen molar-refractivity contribution in [3.8, 4) is 5.75 Å². The van der Waals surface area contributed by atoms with Gasteiger partial charge < -0.3 is 14.8 Å². The van der Waals surface area contributed by atoms with Crippen molar-refractivity contribution in [1.29, 1.82) is 0 Å². The van der Waals surface area contributed by atoms with Crippen LogP contribution >= 0.6 is 0 Å². The molecule has 0 saturated heterocycles. The Balaban J connectivity index is 1.71. The molecule has 4 heteroatoms. The summed E-state index contributed by atoms with van der Waals surface area (Å²) in [5.74, 6) is 1.46. The zero-order valence-corrected chi connectivity index (χ0v) is 12.2. The van der Waals surface area contributed by atoms with Crippen molar-refractivity contribution in [2.75, 3.05) is 19.8 Å². The highest BCUT2D eigenvalue weighted by Crippen LogP contribution is 2.23. The van der Waals surface area contributed by atoms with E-state index in [-0.39, 0.29) is 11.9 Å². The fourth-order valence-electron chi connectivity index (χ4n) is 2.20. The second-order valence-electron chi connectivity index (χ2n) is 5.61. The zero-order chi connectivity index (χ0) is 14.4. The lowest BCUT2D eigenvalue weighted by atomic mass is 10.0. The third-order valence-electron chi connectivity index (χ3n) is 3.17. The lowest BCUT2D eigenvalue weighted by molar-refractivity contribution is -0.123. The van der Waals surface area contributed by atoms with E-state index in [0.717, 1.165) is 17.7 Å². The molecule has 0 saturated carbocycles. The van der Waals surface area contributed by atoms with Gasteiger partial charge in [-0.15, -0.1) is 0 Å². The molecule has 0 spiro atoms. The molecule has 0 unspecified atom stereocenters. The first-order valence-electron chi connectivity index (χ1n) is 7.23. The molecule has 1 amide bonds. The molecular weight excluding hydrogens is 254 g/mol. The number of nitrogens with one attached hydrogen (secondary N) is 1. The smallest absolute Gasteiger partial charge is 0.222 e. The van der Waals surface area contributed by atoms with E-state index in [2.05, 4.69) is 19.2 Å². The molecule has 1 aromatic rings. The van der Waals surface area contributed by atoms with Gasteiger partial charge in [-0.25, -0.2) is 0 Å². The maximum atomic E-state index is 11.8. The SMILES string of the molecule is CC(C)COCCC(=O)N[C@H]1COc2ccccc2C1. The molecule has 0 fully saturated rings. The topological polar surface area (TPSA) is 47.6 Å². The molecule has 1 aromatic carbocycles. The predicted molar refractivity (Wildman–Crippen MR) is 77.8 cm³/mol. The summed E-state index contributed by atoms with van der Waals surface area (Å²) in [6.45, 7) is 5.91. The number of carbonyl (C=O) groups is 1. The number of rotatable bonds is 6. The first kappa shape index (κ1) is 14.9. The van der Waals surface area contributed by atoms with Crippen LogP contribution in [0.15, 0.2) is 24.3 Å². The standard InChI is InChI=1S/C16H23NO3/c1-12(2)10-19-8-7-16(18)17-14-9-13-5-3-4-6-15(13)20-11-14/h3-6,12,14H,7-11H2,1-2H3,(H,17,18)/t14-/m1/s1. The van der Waals surface area contributed by atoms with E-state index < -0.39 is 0 Å². The van der Waals surface area contributed by atoms with E-state index in [1.165, 1.54) is 0 Å². The number of para-hydroxylation sites is 1. The summed E-state index contributed by atoms with van der Waals surface area (Å²) in [6, 6.07) is 8.02. The van der Waals surface area contributed by atoms with Crippen LogP contribution in [0.1, 0.15) is 25.8 Å². The van der Waals surface area contributed by atoms with Crippen molar-refractivity contribution in [2.24, 2.45) is 5.92 Å². The van der Waals surface area contributed by atoms with Crippen molar-refractivity contribution in [3.05, 3.63) is 29.8 Å². The molecular formula is C16H23NO3. The van der Waals surface area contributed by atoms with E-state index >= 15 is 0 Å². The van der Waals surface area contributed by atoms with Gasteiger partial charge in [-0.2, -0.15) is 0 Å². The Labute approximate surface area is 120 Å². The van der Waals surface area contributed by atoms with Gasteiger partial charge in [-0.05, 0) is 24.0 Å². The molecule has 110 valence electrons. The first-order chi connectivity index (χ1) is 9.65. The normalized spacial score (nSPS) is 17.4. The van der Waals surface area contributed by atoms with E-state index in [0.29, 0.717) is 32.2 Å². The Morgan fingerprint density at radius 2 is 2.25 bits per heavy atom. The molecule has 1 heterocycles. The van der Waals surface area contributed by atoms with E-state index in [1.807, 2.05) is 24.3 Å². The largest absolute Gasteiger partial charge is 0.491 e. The van der Waals surface area contributed by atoms with Gasteiger partial charge in [0.2, 0.25) is 5.91 Å². The molecule has 1 N–H and O–H groups in total. The molecule has 0 bridgehead atoms. The van der Waals surface area contributed by atoms with E-state index in [9.17, 15) is 4.79 Å². The summed E-state index contributed by atoms with van der Waals surface area (Å²) in [7, 11) is 0. The van der Waals surface area contributed by atoms with Crippen LogP contribution in [0.3, 0.4) is 0 Å². The lowest BCUT2D eigenvalue weighted by Crippen LogP contribution is -2.43. The Morgan fingerprint density at radius 1 is 1.45 bits per heavy atom. The van der Waals surface area contributed by atoms with Gasteiger partial charge in [0.15, 0.2) is 0 Å². The van der Waals surface area contributed by atoms with Crippen LogP contribution < -0.4 is 10.1 Å². The average molecular weight is 277 g/mol.